The molecule has 0 spiro atoms. The molecule has 0 saturated carbocycles. The second kappa shape index (κ2) is 7.82. The van der Waals surface area contributed by atoms with Gasteiger partial charge in [0, 0.05) is 17.6 Å². The summed E-state index contributed by atoms with van der Waals surface area (Å²) in [7, 11) is 0. The zero-order valence-electron chi connectivity index (χ0n) is 14.6. The summed E-state index contributed by atoms with van der Waals surface area (Å²) in [4.78, 5) is 26.2. The van der Waals surface area contributed by atoms with Crippen LogP contribution in [-0.4, -0.2) is 28.3 Å². The summed E-state index contributed by atoms with van der Waals surface area (Å²) in [5.74, 6) is -0.648. The highest BCUT2D eigenvalue weighted by Gasteiger charge is 2.27. The van der Waals surface area contributed by atoms with E-state index in [0.29, 0.717) is 29.4 Å². The monoisotopic (exact) mass is 361 g/mol. The number of hydrogen-bond acceptors (Lipinski definition) is 5. The van der Waals surface area contributed by atoms with E-state index in [0.717, 1.165) is 31.2 Å². The average molecular weight is 361 g/mol. The van der Waals surface area contributed by atoms with Crippen LogP contribution in [0.4, 0.5) is 5.00 Å². The van der Waals surface area contributed by atoms with Crippen LogP contribution in [0, 0.1) is 0 Å². The maximum absolute atomic E-state index is 12.5. The largest absolute Gasteiger partial charge is 0.462 e. The van der Waals surface area contributed by atoms with Crippen molar-refractivity contribution < 1.29 is 14.3 Å². The van der Waals surface area contributed by atoms with Gasteiger partial charge < -0.3 is 10.1 Å². The first kappa shape index (κ1) is 17.7. The second-order valence-electron chi connectivity index (χ2n) is 6.00. The number of esters is 1. The zero-order valence-corrected chi connectivity index (χ0v) is 15.4. The van der Waals surface area contributed by atoms with Crippen LogP contribution in [-0.2, 0) is 24.1 Å². The Morgan fingerprint density at radius 3 is 2.80 bits per heavy atom. The number of anilines is 1. The lowest BCUT2D eigenvalue weighted by Gasteiger charge is -2.07. The van der Waals surface area contributed by atoms with Crippen molar-refractivity contribution in [2.75, 3.05) is 11.9 Å². The molecule has 0 radical (unpaired) electrons. The number of hydrogen-bond donors (Lipinski definition) is 1. The van der Waals surface area contributed by atoms with Gasteiger partial charge in [0.05, 0.1) is 12.2 Å². The molecule has 2 heterocycles. The predicted octanol–water partition coefficient (Wildman–Crippen LogP) is 3.66. The molecule has 1 aliphatic carbocycles. The van der Waals surface area contributed by atoms with Gasteiger partial charge in [0.25, 0.3) is 5.91 Å². The summed E-state index contributed by atoms with van der Waals surface area (Å²) >= 11 is 1.50. The van der Waals surface area contributed by atoms with Crippen molar-refractivity contribution in [2.24, 2.45) is 0 Å². The highest BCUT2D eigenvalue weighted by Crippen LogP contribution is 2.38. The van der Waals surface area contributed by atoms with E-state index in [1.165, 1.54) is 22.6 Å². The molecule has 0 atom stereocenters. The van der Waals surface area contributed by atoms with Gasteiger partial charge in [-0.15, -0.1) is 11.3 Å². The van der Waals surface area contributed by atoms with Crippen molar-refractivity contribution in [1.29, 1.82) is 0 Å². The van der Waals surface area contributed by atoms with Crippen molar-refractivity contribution in [1.82, 2.24) is 9.78 Å². The van der Waals surface area contributed by atoms with E-state index in [2.05, 4.69) is 10.4 Å². The van der Waals surface area contributed by atoms with Gasteiger partial charge in [-0.1, -0.05) is 6.42 Å². The van der Waals surface area contributed by atoms with E-state index in [1.807, 2.05) is 6.92 Å². The van der Waals surface area contributed by atoms with Gasteiger partial charge >= 0.3 is 5.97 Å². The van der Waals surface area contributed by atoms with Gasteiger partial charge in [-0.05, 0) is 51.2 Å². The molecule has 2 aromatic rings. The Balaban J connectivity index is 1.91. The molecular formula is C18H23N3O3S. The molecule has 6 nitrogen and oxygen atoms in total. The minimum atomic E-state index is -0.351. The van der Waals surface area contributed by atoms with E-state index < -0.39 is 0 Å². The summed E-state index contributed by atoms with van der Waals surface area (Å²) in [6, 6.07) is 1.68. The molecule has 1 N–H and O–H groups in total. The van der Waals surface area contributed by atoms with Crippen LogP contribution < -0.4 is 5.32 Å². The molecule has 0 aromatic carbocycles. The van der Waals surface area contributed by atoms with Crippen LogP contribution in [0.25, 0.3) is 0 Å². The highest BCUT2D eigenvalue weighted by atomic mass is 32.1. The Morgan fingerprint density at radius 1 is 1.28 bits per heavy atom. The summed E-state index contributed by atoms with van der Waals surface area (Å²) in [6.45, 7) is 4.77. The van der Waals surface area contributed by atoms with Gasteiger partial charge in [-0.25, -0.2) is 4.79 Å². The van der Waals surface area contributed by atoms with Crippen molar-refractivity contribution in [3.63, 3.8) is 0 Å². The number of aryl methyl sites for hydroxylation is 2. The minimum absolute atomic E-state index is 0.297. The molecule has 0 bridgehead atoms. The van der Waals surface area contributed by atoms with Crippen molar-refractivity contribution in [2.45, 2.75) is 52.5 Å². The van der Waals surface area contributed by atoms with E-state index >= 15 is 0 Å². The van der Waals surface area contributed by atoms with Crippen LogP contribution in [0.5, 0.6) is 0 Å². The van der Waals surface area contributed by atoms with Crippen LogP contribution >= 0.6 is 11.3 Å². The molecule has 3 rings (SSSR count). The number of nitrogens with zero attached hydrogens (tertiary/aromatic N) is 2. The Kier molecular flexibility index (Phi) is 5.53. The van der Waals surface area contributed by atoms with Crippen molar-refractivity contribution in [3.05, 3.63) is 34.0 Å². The number of fused-ring (bicyclic) bond motifs is 1. The third kappa shape index (κ3) is 3.76. The predicted molar refractivity (Wildman–Crippen MR) is 97.4 cm³/mol. The fourth-order valence-corrected chi connectivity index (χ4v) is 4.35. The lowest BCUT2D eigenvalue weighted by molar-refractivity contribution is 0.0527. The van der Waals surface area contributed by atoms with Crippen LogP contribution in [0.15, 0.2) is 12.3 Å². The number of ether oxygens (including phenoxy) is 1. The molecule has 134 valence electrons. The first-order chi connectivity index (χ1) is 12.1. The van der Waals surface area contributed by atoms with E-state index in [4.69, 9.17) is 4.74 Å². The molecule has 0 saturated heterocycles. The molecule has 0 unspecified atom stereocenters. The number of carbonyl (C=O) groups is 2. The topological polar surface area (TPSA) is 73.2 Å². The fourth-order valence-electron chi connectivity index (χ4n) is 3.08. The quantitative estimate of drug-likeness (QED) is 0.651. The Hall–Kier alpha value is -2.15. The van der Waals surface area contributed by atoms with Crippen LogP contribution in [0.3, 0.4) is 0 Å². The maximum atomic E-state index is 12.5. The number of nitrogens with one attached hydrogen (secondary N) is 1. The van der Waals surface area contributed by atoms with Crippen LogP contribution in [0.2, 0.25) is 0 Å². The number of aromatic nitrogens is 2. The van der Waals surface area contributed by atoms with Gasteiger partial charge in [-0.2, -0.15) is 5.10 Å². The highest BCUT2D eigenvalue weighted by molar-refractivity contribution is 7.17. The lowest BCUT2D eigenvalue weighted by atomic mass is 10.1. The first-order valence-corrected chi connectivity index (χ1v) is 9.62. The summed E-state index contributed by atoms with van der Waals surface area (Å²) < 4.78 is 6.94. The maximum Gasteiger partial charge on any atom is 0.341 e. The lowest BCUT2D eigenvalue weighted by Crippen LogP contribution is -2.16. The Morgan fingerprint density at radius 2 is 2.08 bits per heavy atom. The second-order valence-corrected chi connectivity index (χ2v) is 7.11. The summed E-state index contributed by atoms with van der Waals surface area (Å²) in [5, 5.41) is 7.69. The molecule has 1 aliphatic rings. The average Bonchev–Trinajstić information content (AvgIpc) is 3.14. The molecule has 0 aliphatic heterocycles. The summed E-state index contributed by atoms with van der Waals surface area (Å²) in [6.07, 6.45) is 6.92. The zero-order chi connectivity index (χ0) is 17.8. The number of carbonyl (C=O) groups excluding carboxylic acids is 2. The normalized spacial score (nSPS) is 13.8. The third-order valence-corrected chi connectivity index (χ3v) is 5.53. The van der Waals surface area contributed by atoms with E-state index in [1.54, 1.807) is 23.9 Å². The van der Waals surface area contributed by atoms with Crippen molar-refractivity contribution >= 4 is 28.2 Å². The molecule has 2 aromatic heterocycles. The fraction of sp³-hybridized carbons (Fsp3) is 0.500. The molecule has 1 amide bonds. The Labute approximate surface area is 151 Å². The molecule has 25 heavy (non-hydrogen) atoms. The Bertz CT molecular complexity index is 779. The van der Waals surface area contributed by atoms with Gasteiger partial charge in [-0.3, -0.25) is 9.48 Å². The molecule has 0 fully saturated rings. The van der Waals surface area contributed by atoms with E-state index in [-0.39, 0.29) is 11.9 Å². The first-order valence-electron chi connectivity index (χ1n) is 8.80. The number of thiophene rings is 1. The summed E-state index contributed by atoms with van der Waals surface area (Å²) in [5.41, 5.74) is 1.93. The van der Waals surface area contributed by atoms with Gasteiger partial charge in [0.15, 0.2) is 5.69 Å². The minimum Gasteiger partial charge on any atom is -0.462 e. The number of rotatable bonds is 5. The van der Waals surface area contributed by atoms with Crippen molar-refractivity contribution in [3.8, 4) is 0 Å². The van der Waals surface area contributed by atoms with Gasteiger partial charge in [0.1, 0.15) is 5.00 Å². The standard InChI is InChI=1S/C18H23N3O3S/c1-3-21-11-10-13(20-21)16(22)19-17-15(18(23)24-4-2)12-8-6-5-7-9-14(12)25-17/h10-11H,3-9H2,1-2H3,(H,19,22). The smallest absolute Gasteiger partial charge is 0.341 e. The van der Waals surface area contributed by atoms with Crippen LogP contribution in [0.1, 0.15) is 64.4 Å². The number of amides is 1. The SMILES string of the molecule is CCOC(=O)c1c(NC(=O)c2ccn(CC)n2)sc2c1CCCCC2. The van der Waals surface area contributed by atoms with Gasteiger partial charge in [0.2, 0.25) is 0 Å². The van der Waals surface area contributed by atoms with E-state index in [9.17, 15) is 9.59 Å². The molecular weight excluding hydrogens is 338 g/mol. The third-order valence-electron chi connectivity index (χ3n) is 4.33. The molecule has 7 heteroatoms.